The fourth-order valence-electron chi connectivity index (χ4n) is 3.07. The normalized spacial score (nSPS) is 10.3. The maximum atomic E-state index is 12.9. The number of aromatic nitrogens is 1. The van der Waals surface area contributed by atoms with Crippen LogP contribution in [-0.2, 0) is 6.61 Å². The molecular weight excluding hydrogens is 394 g/mol. The van der Waals surface area contributed by atoms with E-state index in [1.54, 1.807) is 49.8 Å². The molecule has 0 unspecified atom stereocenters. The fourth-order valence-corrected chi connectivity index (χ4v) is 3.07. The molecule has 0 aliphatic rings. The standard InChI is InChI=1S/C24H25N3O4/c1-4-30-21-13-18(10-11-20(21)31-15-17-8-6-12-26-14-17)23(28)27-19-9-5-7-16(2)22(19)24(29)25-3/h5-14H,4,15H2,1-3H3,(H,25,29)(H,27,28). The summed E-state index contributed by atoms with van der Waals surface area (Å²) in [6.45, 7) is 4.44. The Kier molecular flexibility index (Phi) is 7.22. The number of pyridine rings is 1. The third kappa shape index (κ3) is 5.39. The highest BCUT2D eigenvalue weighted by Gasteiger charge is 2.17. The first-order valence-corrected chi connectivity index (χ1v) is 9.95. The molecule has 7 nitrogen and oxygen atoms in total. The smallest absolute Gasteiger partial charge is 0.255 e. The lowest BCUT2D eigenvalue weighted by Gasteiger charge is -2.15. The summed E-state index contributed by atoms with van der Waals surface area (Å²) in [4.78, 5) is 29.2. The van der Waals surface area contributed by atoms with Crippen molar-refractivity contribution in [1.82, 2.24) is 10.3 Å². The second-order valence-electron chi connectivity index (χ2n) is 6.78. The van der Waals surface area contributed by atoms with Crippen molar-refractivity contribution in [2.24, 2.45) is 0 Å². The molecule has 160 valence electrons. The molecule has 2 amide bonds. The molecule has 0 radical (unpaired) electrons. The largest absolute Gasteiger partial charge is 0.490 e. The molecule has 2 aromatic carbocycles. The zero-order valence-corrected chi connectivity index (χ0v) is 17.8. The Morgan fingerprint density at radius 2 is 1.84 bits per heavy atom. The molecule has 0 fully saturated rings. The van der Waals surface area contributed by atoms with Crippen molar-refractivity contribution in [3.63, 3.8) is 0 Å². The van der Waals surface area contributed by atoms with Crippen LogP contribution in [0.15, 0.2) is 60.9 Å². The van der Waals surface area contributed by atoms with Gasteiger partial charge in [-0.15, -0.1) is 0 Å². The van der Waals surface area contributed by atoms with Gasteiger partial charge in [-0.1, -0.05) is 18.2 Å². The molecule has 0 aliphatic carbocycles. The van der Waals surface area contributed by atoms with Crippen molar-refractivity contribution in [2.75, 3.05) is 19.0 Å². The molecular formula is C24H25N3O4. The summed E-state index contributed by atoms with van der Waals surface area (Å²) in [5.41, 5.74) is 2.96. The van der Waals surface area contributed by atoms with E-state index in [0.717, 1.165) is 11.1 Å². The van der Waals surface area contributed by atoms with E-state index >= 15 is 0 Å². The predicted molar refractivity (Wildman–Crippen MR) is 119 cm³/mol. The summed E-state index contributed by atoms with van der Waals surface area (Å²) in [6.07, 6.45) is 3.43. The van der Waals surface area contributed by atoms with E-state index in [0.29, 0.717) is 41.5 Å². The minimum Gasteiger partial charge on any atom is -0.490 e. The Morgan fingerprint density at radius 3 is 2.55 bits per heavy atom. The van der Waals surface area contributed by atoms with E-state index < -0.39 is 0 Å². The van der Waals surface area contributed by atoms with Crippen LogP contribution in [0.25, 0.3) is 0 Å². The monoisotopic (exact) mass is 419 g/mol. The van der Waals surface area contributed by atoms with E-state index in [-0.39, 0.29) is 11.8 Å². The molecule has 1 aromatic heterocycles. The van der Waals surface area contributed by atoms with Gasteiger partial charge in [-0.25, -0.2) is 0 Å². The highest BCUT2D eigenvalue weighted by Crippen LogP contribution is 2.30. The number of hydrogen-bond acceptors (Lipinski definition) is 5. The number of aryl methyl sites for hydroxylation is 1. The van der Waals surface area contributed by atoms with Crippen molar-refractivity contribution < 1.29 is 19.1 Å². The molecule has 7 heteroatoms. The lowest BCUT2D eigenvalue weighted by atomic mass is 10.1. The Balaban J connectivity index is 1.81. The number of nitrogens with one attached hydrogen (secondary N) is 2. The first kappa shape index (κ1) is 21.8. The number of anilines is 1. The molecule has 0 bridgehead atoms. The van der Waals surface area contributed by atoms with Gasteiger partial charge in [0.2, 0.25) is 0 Å². The van der Waals surface area contributed by atoms with Gasteiger partial charge in [0.25, 0.3) is 11.8 Å². The maximum absolute atomic E-state index is 12.9. The first-order chi connectivity index (χ1) is 15.0. The van der Waals surface area contributed by atoms with Crippen molar-refractivity contribution in [3.8, 4) is 11.5 Å². The van der Waals surface area contributed by atoms with Crippen LogP contribution >= 0.6 is 0 Å². The van der Waals surface area contributed by atoms with Crippen LogP contribution in [-0.4, -0.2) is 30.5 Å². The molecule has 3 aromatic rings. The molecule has 0 atom stereocenters. The number of hydrogen-bond donors (Lipinski definition) is 2. The average Bonchev–Trinajstić information content (AvgIpc) is 2.78. The van der Waals surface area contributed by atoms with Crippen LogP contribution in [0, 0.1) is 6.92 Å². The van der Waals surface area contributed by atoms with Crippen LogP contribution in [0.3, 0.4) is 0 Å². The molecule has 0 aliphatic heterocycles. The van der Waals surface area contributed by atoms with Crippen LogP contribution in [0.5, 0.6) is 11.5 Å². The Bertz CT molecular complexity index is 1070. The van der Waals surface area contributed by atoms with Gasteiger partial charge >= 0.3 is 0 Å². The van der Waals surface area contributed by atoms with E-state index in [1.807, 2.05) is 32.0 Å². The third-order valence-corrected chi connectivity index (χ3v) is 4.60. The van der Waals surface area contributed by atoms with Crippen LogP contribution in [0.4, 0.5) is 5.69 Å². The number of nitrogens with zero attached hydrogens (tertiary/aromatic N) is 1. The molecule has 2 N–H and O–H groups in total. The van der Waals surface area contributed by atoms with E-state index in [9.17, 15) is 9.59 Å². The zero-order chi connectivity index (χ0) is 22.2. The van der Waals surface area contributed by atoms with Gasteiger partial charge in [0.1, 0.15) is 6.61 Å². The highest BCUT2D eigenvalue weighted by molar-refractivity contribution is 6.09. The highest BCUT2D eigenvalue weighted by atomic mass is 16.5. The fraction of sp³-hybridized carbons (Fsp3) is 0.208. The summed E-state index contributed by atoms with van der Waals surface area (Å²) >= 11 is 0. The molecule has 0 saturated carbocycles. The number of carbonyl (C=O) groups excluding carboxylic acids is 2. The second-order valence-corrected chi connectivity index (χ2v) is 6.78. The summed E-state index contributed by atoms with van der Waals surface area (Å²) in [5.74, 6) is 0.386. The number of ether oxygens (including phenoxy) is 2. The molecule has 1 heterocycles. The van der Waals surface area contributed by atoms with E-state index in [4.69, 9.17) is 9.47 Å². The zero-order valence-electron chi connectivity index (χ0n) is 17.8. The number of carbonyl (C=O) groups is 2. The number of amides is 2. The van der Waals surface area contributed by atoms with E-state index in [1.165, 1.54) is 0 Å². The van der Waals surface area contributed by atoms with Gasteiger partial charge in [0.05, 0.1) is 17.9 Å². The number of benzene rings is 2. The van der Waals surface area contributed by atoms with Crippen LogP contribution in [0.2, 0.25) is 0 Å². The van der Waals surface area contributed by atoms with Crippen molar-refractivity contribution >= 4 is 17.5 Å². The van der Waals surface area contributed by atoms with Crippen molar-refractivity contribution in [1.29, 1.82) is 0 Å². The van der Waals surface area contributed by atoms with E-state index in [2.05, 4.69) is 15.6 Å². The van der Waals surface area contributed by atoms with Gasteiger partial charge in [0, 0.05) is 30.6 Å². The second kappa shape index (κ2) is 10.2. The first-order valence-electron chi connectivity index (χ1n) is 9.95. The summed E-state index contributed by atoms with van der Waals surface area (Å²) in [6, 6.07) is 14.1. The van der Waals surface area contributed by atoms with Crippen molar-refractivity contribution in [3.05, 3.63) is 83.2 Å². The van der Waals surface area contributed by atoms with Gasteiger partial charge in [0.15, 0.2) is 11.5 Å². The van der Waals surface area contributed by atoms with Gasteiger partial charge in [-0.05, 0) is 49.7 Å². The predicted octanol–water partition coefficient (Wildman–Crippen LogP) is 3.98. The van der Waals surface area contributed by atoms with Crippen LogP contribution in [0.1, 0.15) is 38.8 Å². The SMILES string of the molecule is CCOc1cc(C(=O)Nc2cccc(C)c2C(=O)NC)ccc1OCc1cccnc1. The Hall–Kier alpha value is -3.87. The summed E-state index contributed by atoms with van der Waals surface area (Å²) in [7, 11) is 1.55. The quantitative estimate of drug-likeness (QED) is 0.576. The average molecular weight is 419 g/mol. The molecule has 31 heavy (non-hydrogen) atoms. The summed E-state index contributed by atoms with van der Waals surface area (Å²) in [5, 5.41) is 5.43. The minimum absolute atomic E-state index is 0.262. The minimum atomic E-state index is -0.351. The van der Waals surface area contributed by atoms with Gasteiger partial charge in [-0.3, -0.25) is 14.6 Å². The number of rotatable bonds is 8. The van der Waals surface area contributed by atoms with Crippen molar-refractivity contribution in [2.45, 2.75) is 20.5 Å². The lowest BCUT2D eigenvalue weighted by molar-refractivity contribution is 0.0963. The molecule has 0 saturated heterocycles. The Morgan fingerprint density at radius 1 is 1.00 bits per heavy atom. The third-order valence-electron chi connectivity index (χ3n) is 4.60. The lowest BCUT2D eigenvalue weighted by Crippen LogP contribution is -2.22. The molecule has 3 rings (SSSR count). The van der Waals surface area contributed by atoms with Crippen LogP contribution < -0.4 is 20.1 Å². The van der Waals surface area contributed by atoms with Gasteiger partial charge in [-0.2, -0.15) is 0 Å². The van der Waals surface area contributed by atoms with Gasteiger partial charge < -0.3 is 20.1 Å². The summed E-state index contributed by atoms with van der Waals surface area (Å²) < 4.78 is 11.5. The molecule has 0 spiro atoms. The Labute approximate surface area is 181 Å². The maximum Gasteiger partial charge on any atom is 0.255 e. The topological polar surface area (TPSA) is 89.5 Å².